The van der Waals surface area contributed by atoms with Gasteiger partial charge in [-0.25, -0.2) is 4.98 Å². The van der Waals surface area contributed by atoms with E-state index in [1.54, 1.807) is 6.07 Å². The number of piperidine rings is 1. The molecule has 0 aliphatic carbocycles. The van der Waals surface area contributed by atoms with Crippen LogP contribution in [0.25, 0.3) is 0 Å². The maximum Gasteiger partial charge on any atom is 0.218 e. The van der Waals surface area contributed by atoms with Crippen LogP contribution >= 0.6 is 35.8 Å². The van der Waals surface area contributed by atoms with Crippen molar-refractivity contribution in [3.8, 4) is 5.88 Å². The third-order valence-corrected chi connectivity index (χ3v) is 3.44. The molecule has 1 aliphatic heterocycles. The van der Waals surface area contributed by atoms with Crippen LogP contribution in [0.2, 0.25) is 5.15 Å². The molecule has 1 saturated heterocycles. The summed E-state index contributed by atoms with van der Waals surface area (Å²) in [7, 11) is 0. The summed E-state index contributed by atoms with van der Waals surface area (Å²) in [4.78, 5) is 8.33. The molecule has 102 valence electrons. The molecule has 1 aromatic rings. The Morgan fingerprint density at radius 3 is 3.06 bits per heavy atom. The summed E-state index contributed by atoms with van der Waals surface area (Å²) in [6, 6.07) is 1.66. The monoisotopic (exact) mass is 309 g/mol. The lowest BCUT2D eigenvalue weighted by Gasteiger charge is -2.22. The number of nitrogens with one attached hydrogen (secondary N) is 1. The van der Waals surface area contributed by atoms with Gasteiger partial charge in [-0.3, -0.25) is 0 Å². The van der Waals surface area contributed by atoms with E-state index in [1.807, 2.05) is 6.26 Å². The maximum atomic E-state index is 5.89. The number of halogens is 2. The number of thioether (sulfide) groups is 1. The first kappa shape index (κ1) is 15.8. The van der Waals surface area contributed by atoms with Crippen molar-refractivity contribution < 1.29 is 4.74 Å². The smallest absolute Gasteiger partial charge is 0.218 e. The van der Waals surface area contributed by atoms with E-state index in [-0.39, 0.29) is 12.4 Å². The Bertz CT molecular complexity index is 375. The van der Waals surface area contributed by atoms with Crippen LogP contribution < -0.4 is 10.1 Å². The number of hydrogen-bond donors (Lipinski definition) is 1. The number of aromatic nitrogens is 2. The third-order valence-electron chi connectivity index (χ3n) is 2.70. The van der Waals surface area contributed by atoms with Gasteiger partial charge >= 0.3 is 0 Å². The van der Waals surface area contributed by atoms with Gasteiger partial charge in [0.15, 0.2) is 5.16 Å². The fraction of sp³-hybridized carbons (Fsp3) is 0.636. The summed E-state index contributed by atoms with van der Waals surface area (Å²) in [6.45, 7) is 2.83. The molecule has 2 rings (SSSR count). The quantitative estimate of drug-likeness (QED) is 0.526. The predicted molar refractivity (Wildman–Crippen MR) is 77.2 cm³/mol. The Morgan fingerprint density at radius 2 is 2.39 bits per heavy atom. The molecule has 18 heavy (non-hydrogen) atoms. The molecule has 1 fully saturated rings. The van der Waals surface area contributed by atoms with Gasteiger partial charge in [0.25, 0.3) is 0 Å². The van der Waals surface area contributed by atoms with Crippen LogP contribution in [0.5, 0.6) is 5.88 Å². The van der Waals surface area contributed by atoms with Crippen LogP contribution in [0.1, 0.15) is 12.8 Å². The topological polar surface area (TPSA) is 47.0 Å². The van der Waals surface area contributed by atoms with Crippen molar-refractivity contribution in [3.05, 3.63) is 11.2 Å². The number of ether oxygens (including phenoxy) is 1. The van der Waals surface area contributed by atoms with Gasteiger partial charge in [-0.1, -0.05) is 23.4 Å². The van der Waals surface area contributed by atoms with Gasteiger partial charge in [-0.05, 0) is 25.6 Å². The van der Waals surface area contributed by atoms with Crippen LogP contribution in [-0.4, -0.2) is 35.9 Å². The minimum absolute atomic E-state index is 0. The summed E-state index contributed by atoms with van der Waals surface area (Å²) >= 11 is 7.35. The molecule has 1 unspecified atom stereocenters. The SMILES string of the molecule is CSc1nc(Cl)cc(OCC2CCCNC2)n1.Cl. The molecule has 0 saturated carbocycles. The van der Waals surface area contributed by atoms with Crippen molar-refractivity contribution in [2.45, 2.75) is 18.0 Å². The van der Waals surface area contributed by atoms with E-state index >= 15 is 0 Å². The van der Waals surface area contributed by atoms with E-state index in [9.17, 15) is 0 Å². The molecule has 0 bridgehead atoms. The van der Waals surface area contributed by atoms with Gasteiger partial charge in [-0.15, -0.1) is 12.4 Å². The molecule has 1 N–H and O–H groups in total. The van der Waals surface area contributed by atoms with Crippen LogP contribution in [-0.2, 0) is 0 Å². The average molecular weight is 310 g/mol. The average Bonchev–Trinajstić information content (AvgIpc) is 2.37. The van der Waals surface area contributed by atoms with Gasteiger partial charge in [-0.2, -0.15) is 4.98 Å². The molecule has 1 aromatic heterocycles. The first-order chi connectivity index (χ1) is 8.28. The number of rotatable bonds is 4. The van der Waals surface area contributed by atoms with E-state index in [2.05, 4.69) is 15.3 Å². The van der Waals surface area contributed by atoms with Gasteiger partial charge < -0.3 is 10.1 Å². The van der Waals surface area contributed by atoms with Crippen LogP contribution in [0.15, 0.2) is 11.2 Å². The van der Waals surface area contributed by atoms with Gasteiger partial charge in [0, 0.05) is 18.5 Å². The lowest BCUT2D eigenvalue weighted by atomic mass is 10.0. The molecular weight excluding hydrogens is 293 g/mol. The van der Waals surface area contributed by atoms with Crippen LogP contribution in [0.3, 0.4) is 0 Å². The van der Waals surface area contributed by atoms with E-state index in [1.165, 1.54) is 24.6 Å². The fourth-order valence-electron chi connectivity index (χ4n) is 1.81. The van der Waals surface area contributed by atoms with E-state index in [0.717, 1.165) is 13.1 Å². The molecule has 0 aromatic carbocycles. The van der Waals surface area contributed by atoms with Crippen molar-refractivity contribution in [2.75, 3.05) is 26.0 Å². The van der Waals surface area contributed by atoms with Crippen molar-refractivity contribution >= 4 is 35.8 Å². The summed E-state index contributed by atoms with van der Waals surface area (Å²) in [5, 5.41) is 4.44. The molecule has 1 aliphatic rings. The second kappa shape index (κ2) is 8.04. The zero-order valence-electron chi connectivity index (χ0n) is 10.2. The highest BCUT2D eigenvalue weighted by Crippen LogP contribution is 2.20. The highest BCUT2D eigenvalue weighted by molar-refractivity contribution is 7.98. The summed E-state index contributed by atoms with van der Waals surface area (Å²) < 4.78 is 5.68. The molecule has 0 amide bonds. The first-order valence-corrected chi connectivity index (χ1v) is 7.30. The van der Waals surface area contributed by atoms with Crippen molar-refractivity contribution in [1.82, 2.24) is 15.3 Å². The molecule has 7 heteroatoms. The van der Waals surface area contributed by atoms with E-state index < -0.39 is 0 Å². The second-order valence-electron chi connectivity index (χ2n) is 4.04. The predicted octanol–water partition coefficient (Wildman–Crippen LogP) is 2.65. The van der Waals surface area contributed by atoms with Gasteiger partial charge in [0.1, 0.15) is 5.15 Å². The Balaban J connectivity index is 0.00000162. The van der Waals surface area contributed by atoms with Gasteiger partial charge in [0.05, 0.1) is 6.61 Å². The van der Waals surface area contributed by atoms with Crippen molar-refractivity contribution in [1.29, 1.82) is 0 Å². The summed E-state index contributed by atoms with van der Waals surface area (Å²) in [6.07, 6.45) is 4.34. The molecule has 1 atom stereocenters. The Morgan fingerprint density at radius 1 is 1.56 bits per heavy atom. The molecule has 0 radical (unpaired) electrons. The summed E-state index contributed by atoms with van der Waals surface area (Å²) in [5.74, 6) is 1.13. The maximum absolute atomic E-state index is 5.89. The van der Waals surface area contributed by atoms with Crippen LogP contribution in [0.4, 0.5) is 0 Å². The molecule has 2 heterocycles. The number of hydrogen-bond acceptors (Lipinski definition) is 5. The molecule has 0 spiro atoms. The largest absolute Gasteiger partial charge is 0.477 e. The molecule has 4 nitrogen and oxygen atoms in total. The minimum atomic E-state index is 0. The fourth-order valence-corrected chi connectivity index (χ4v) is 2.41. The second-order valence-corrected chi connectivity index (χ2v) is 5.20. The lowest BCUT2D eigenvalue weighted by Crippen LogP contribution is -2.33. The van der Waals surface area contributed by atoms with Gasteiger partial charge in [0.2, 0.25) is 5.88 Å². The van der Waals surface area contributed by atoms with Crippen LogP contribution in [0, 0.1) is 5.92 Å². The zero-order chi connectivity index (χ0) is 12.1. The zero-order valence-corrected chi connectivity index (χ0v) is 12.6. The normalized spacial score (nSPS) is 19.1. The minimum Gasteiger partial charge on any atom is -0.477 e. The number of nitrogens with zero attached hydrogens (tertiary/aromatic N) is 2. The molecular formula is C11H17Cl2N3OS. The Kier molecular flexibility index (Phi) is 7.07. The third kappa shape index (κ3) is 4.80. The van der Waals surface area contributed by atoms with Crippen molar-refractivity contribution in [3.63, 3.8) is 0 Å². The summed E-state index contributed by atoms with van der Waals surface area (Å²) in [5.41, 5.74) is 0. The lowest BCUT2D eigenvalue weighted by molar-refractivity contribution is 0.210. The van der Waals surface area contributed by atoms with E-state index in [4.69, 9.17) is 16.3 Å². The Labute approximate surface area is 123 Å². The highest BCUT2D eigenvalue weighted by Gasteiger charge is 2.14. The Hall–Kier alpha value is -0.230. The van der Waals surface area contributed by atoms with Crippen molar-refractivity contribution in [2.24, 2.45) is 5.92 Å². The van der Waals surface area contributed by atoms with E-state index in [0.29, 0.717) is 28.7 Å². The standard InChI is InChI=1S/C11H16ClN3OS.ClH/c1-17-11-14-9(12)5-10(15-11)16-7-8-3-2-4-13-6-8;/h5,8,13H,2-4,6-7H2,1H3;1H. The highest BCUT2D eigenvalue weighted by atomic mass is 35.5. The first-order valence-electron chi connectivity index (χ1n) is 5.70.